The highest BCUT2D eigenvalue weighted by Gasteiger charge is 2.09. The molecule has 0 radical (unpaired) electrons. The standard InChI is InChI=1S/C14H22N2O3/c1-4-11(15)9-16-14(17)8-10-5-6-12(18-2)13(7-10)19-3/h5-7,11H,4,8-9,15H2,1-3H3,(H,16,17). The molecule has 0 aromatic heterocycles. The lowest BCUT2D eigenvalue weighted by molar-refractivity contribution is -0.120. The van der Waals surface area contributed by atoms with E-state index in [2.05, 4.69) is 5.32 Å². The molecule has 19 heavy (non-hydrogen) atoms. The Morgan fingerprint density at radius 3 is 2.58 bits per heavy atom. The van der Waals surface area contributed by atoms with Crippen molar-refractivity contribution in [2.45, 2.75) is 25.8 Å². The number of rotatable bonds is 7. The first kappa shape index (κ1) is 15.3. The van der Waals surface area contributed by atoms with E-state index in [0.29, 0.717) is 24.5 Å². The fourth-order valence-electron chi connectivity index (χ4n) is 1.63. The van der Waals surface area contributed by atoms with E-state index >= 15 is 0 Å². The number of nitrogens with two attached hydrogens (primary N) is 1. The Morgan fingerprint density at radius 1 is 1.32 bits per heavy atom. The number of carbonyl (C=O) groups excluding carboxylic acids is 1. The van der Waals surface area contributed by atoms with Crippen LogP contribution in [0.2, 0.25) is 0 Å². The molecule has 1 amide bonds. The zero-order chi connectivity index (χ0) is 14.3. The van der Waals surface area contributed by atoms with Gasteiger partial charge in [-0.2, -0.15) is 0 Å². The predicted octanol–water partition coefficient (Wildman–Crippen LogP) is 1.10. The van der Waals surface area contributed by atoms with Gasteiger partial charge in [0, 0.05) is 12.6 Å². The van der Waals surface area contributed by atoms with E-state index in [4.69, 9.17) is 15.2 Å². The molecular formula is C14H22N2O3. The number of hydrogen-bond donors (Lipinski definition) is 2. The van der Waals surface area contributed by atoms with Crippen molar-refractivity contribution in [1.82, 2.24) is 5.32 Å². The Balaban J connectivity index is 2.59. The minimum Gasteiger partial charge on any atom is -0.493 e. The number of hydrogen-bond acceptors (Lipinski definition) is 4. The molecule has 0 heterocycles. The monoisotopic (exact) mass is 266 g/mol. The maximum Gasteiger partial charge on any atom is 0.224 e. The Bertz CT molecular complexity index is 421. The number of amides is 1. The molecule has 5 heteroatoms. The molecule has 3 N–H and O–H groups in total. The van der Waals surface area contributed by atoms with Crippen LogP contribution in [0.25, 0.3) is 0 Å². The van der Waals surface area contributed by atoms with Crippen LogP contribution in [-0.4, -0.2) is 32.7 Å². The highest BCUT2D eigenvalue weighted by atomic mass is 16.5. The molecule has 106 valence electrons. The third-order valence-electron chi connectivity index (χ3n) is 2.90. The van der Waals surface area contributed by atoms with Gasteiger partial charge in [-0.3, -0.25) is 4.79 Å². The van der Waals surface area contributed by atoms with Gasteiger partial charge in [-0.15, -0.1) is 0 Å². The zero-order valence-corrected chi connectivity index (χ0v) is 11.7. The van der Waals surface area contributed by atoms with Gasteiger partial charge in [0.2, 0.25) is 5.91 Å². The van der Waals surface area contributed by atoms with Gasteiger partial charge >= 0.3 is 0 Å². The molecule has 0 saturated heterocycles. The Labute approximate surface area is 114 Å². The SMILES string of the molecule is CCC(N)CNC(=O)Cc1ccc(OC)c(OC)c1. The molecule has 5 nitrogen and oxygen atoms in total. The number of benzene rings is 1. The van der Waals surface area contributed by atoms with Crippen LogP contribution in [0.5, 0.6) is 11.5 Å². The van der Waals surface area contributed by atoms with Crippen molar-refractivity contribution in [2.24, 2.45) is 5.73 Å². The van der Waals surface area contributed by atoms with E-state index < -0.39 is 0 Å². The van der Waals surface area contributed by atoms with Gasteiger partial charge in [-0.05, 0) is 24.1 Å². The molecule has 1 aromatic rings. The molecule has 0 aliphatic rings. The molecule has 1 unspecified atom stereocenters. The fraction of sp³-hybridized carbons (Fsp3) is 0.500. The van der Waals surface area contributed by atoms with Gasteiger partial charge in [0.25, 0.3) is 0 Å². The predicted molar refractivity (Wildman–Crippen MR) is 74.5 cm³/mol. The smallest absolute Gasteiger partial charge is 0.224 e. The van der Waals surface area contributed by atoms with Crippen molar-refractivity contribution in [3.8, 4) is 11.5 Å². The molecule has 0 aliphatic carbocycles. The van der Waals surface area contributed by atoms with Crippen molar-refractivity contribution in [3.05, 3.63) is 23.8 Å². The average molecular weight is 266 g/mol. The normalized spacial score (nSPS) is 11.8. The number of methoxy groups -OCH3 is 2. The quantitative estimate of drug-likeness (QED) is 0.775. The van der Waals surface area contributed by atoms with Gasteiger partial charge in [0.05, 0.1) is 20.6 Å². The summed E-state index contributed by atoms with van der Waals surface area (Å²) in [6.07, 6.45) is 1.15. The lowest BCUT2D eigenvalue weighted by Gasteiger charge is -2.11. The summed E-state index contributed by atoms with van der Waals surface area (Å²) in [4.78, 5) is 11.7. The van der Waals surface area contributed by atoms with Crippen LogP contribution in [-0.2, 0) is 11.2 Å². The highest BCUT2D eigenvalue weighted by Crippen LogP contribution is 2.27. The van der Waals surface area contributed by atoms with Crippen molar-refractivity contribution in [1.29, 1.82) is 0 Å². The molecular weight excluding hydrogens is 244 g/mol. The number of carbonyl (C=O) groups is 1. The van der Waals surface area contributed by atoms with Gasteiger partial charge in [-0.1, -0.05) is 13.0 Å². The van der Waals surface area contributed by atoms with Crippen LogP contribution in [0, 0.1) is 0 Å². The van der Waals surface area contributed by atoms with Crippen LogP contribution in [0.4, 0.5) is 0 Å². The molecule has 0 spiro atoms. The molecule has 0 bridgehead atoms. The van der Waals surface area contributed by atoms with Crippen molar-refractivity contribution >= 4 is 5.91 Å². The van der Waals surface area contributed by atoms with E-state index in [9.17, 15) is 4.79 Å². The van der Waals surface area contributed by atoms with E-state index in [1.54, 1.807) is 26.4 Å². The molecule has 1 rings (SSSR count). The summed E-state index contributed by atoms with van der Waals surface area (Å²) >= 11 is 0. The Kier molecular flexibility index (Phi) is 6.15. The second-order valence-electron chi connectivity index (χ2n) is 4.34. The van der Waals surface area contributed by atoms with E-state index in [1.807, 2.05) is 13.0 Å². The lowest BCUT2D eigenvalue weighted by Crippen LogP contribution is -2.37. The lowest BCUT2D eigenvalue weighted by atomic mass is 10.1. The molecule has 1 atom stereocenters. The van der Waals surface area contributed by atoms with Crippen LogP contribution in [0.3, 0.4) is 0 Å². The maximum atomic E-state index is 11.7. The van der Waals surface area contributed by atoms with Crippen LogP contribution < -0.4 is 20.5 Å². The summed E-state index contributed by atoms with van der Waals surface area (Å²) in [5.41, 5.74) is 6.62. The van der Waals surface area contributed by atoms with Crippen LogP contribution in [0.1, 0.15) is 18.9 Å². The van der Waals surface area contributed by atoms with Crippen molar-refractivity contribution in [3.63, 3.8) is 0 Å². The molecule has 0 fully saturated rings. The summed E-state index contributed by atoms with van der Waals surface area (Å²) in [6, 6.07) is 5.45. The van der Waals surface area contributed by atoms with Crippen LogP contribution >= 0.6 is 0 Å². The number of nitrogens with one attached hydrogen (secondary N) is 1. The van der Waals surface area contributed by atoms with Crippen molar-refractivity contribution in [2.75, 3.05) is 20.8 Å². The van der Waals surface area contributed by atoms with Gasteiger partial charge < -0.3 is 20.5 Å². The van der Waals surface area contributed by atoms with Crippen LogP contribution in [0.15, 0.2) is 18.2 Å². The Hall–Kier alpha value is -1.75. The summed E-state index contributed by atoms with van der Waals surface area (Å²) in [6.45, 7) is 2.49. The third-order valence-corrected chi connectivity index (χ3v) is 2.90. The first-order valence-corrected chi connectivity index (χ1v) is 6.33. The number of ether oxygens (including phenoxy) is 2. The minimum atomic E-state index is -0.0453. The summed E-state index contributed by atoms with van der Waals surface area (Å²) in [7, 11) is 3.15. The fourth-order valence-corrected chi connectivity index (χ4v) is 1.63. The second kappa shape index (κ2) is 7.63. The summed E-state index contributed by atoms with van der Waals surface area (Å²) in [5.74, 6) is 1.23. The van der Waals surface area contributed by atoms with E-state index in [1.165, 1.54) is 0 Å². The van der Waals surface area contributed by atoms with Gasteiger partial charge in [-0.25, -0.2) is 0 Å². The van der Waals surface area contributed by atoms with E-state index in [0.717, 1.165) is 12.0 Å². The third kappa shape index (κ3) is 4.79. The van der Waals surface area contributed by atoms with E-state index in [-0.39, 0.29) is 11.9 Å². The minimum absolute atomic E-state index is 0.00866. The average Bonchev–Trinajstić information content (AvgIpc) is 2.44. The van der Waals surface area contributed by atoms with Crippen molar-refractivity contribution < 1.29 is 14.3 Å². The Morgan fingerprint density at radius 2 is 2.00 bits per heavy atom. The highest BCUT2D eigenvalue weighted by molar-refractivity contribution is 5.78. The maximum absolute atomic E-state index is 11.7. The first-order chi connectivity index (χ1) is 9.10. The molecule has 0 saturated carbocycles. The largest absolute Gasteiger partial charge is 0.493 e. The summed E-state index contributed by atoms with van der Waals surface area (Å²) in [5, 5.41) is 2.81. The molecule has 1 aromatic carbocycles. The zero-order valence-electron chi connectivity index (χ0n) is 11.7. The second-order valence-corrected chi connectivity index (χ2v) is 4.34. The molecule has 0 aliphatic heterocycles. The topological polar surface area (TPSA) is 73.6 Å². The first-order valence-electron chi connectivity index (χ1n) is 6.33. The van der Waals surface area contributed by atoms with Gasteiger partial charge in [0.15, 0.2) is 11.5 Å². The van der Waals surface area contributed by atoms with Gasteiger partial charge in [0.1, 0.15) is 0 Å². The summed E-state index contributed by atoms with van der Waals surface area (Å²) < 4.78 is 10.3.